The van der Waals surface area contributed by atoms with Gasteiger partial charge < -0.3 is 4.74 Å². The molecule has 0 saturated heterocycles. The third-order valence-corrected chi connectivity index (χ3v) is 6.17. The van der Waals surface area contributed by atoms with Gasteiger partial charge in [0.05, 0.1) is 16.9 Å². The molecule has 1 atom stereocenters. The molecule has 3 rings (SSSR count). The smallest absolute Gasteiger partial charge is 0.414 e. The monoisotopic (exact) mass is 478 g/mol. The number of hydrogen-bond donors (Lipinski definition) is 1. The van der Waals surface area contributed by atoms with E-state index in [4.69, 9.17) is 4.74 Å². The summed E-state index contributed by atoms with van der Waals surface area (Å²) in [6, 6.07) is 2.33. The van der Waals surface area contributed by atoms with Crippen LogP contribution in [0.2, 0.25) is 0 Å². The number of rotatable bonds is 6. The zero-order chi connectivity index (χ0) is 24.0. The van der Waals surface area contributed by atoms with Crippen molar-refractivity contribution in [2.24, 2.45) is 0 Å². The molecule has 0 bridgehead atoms. The second-order valence-corrected chi connectivity index (χ2v) is 8.98. The van der Waals surface area contributed by atoms with Gasteiger partial charge in [-0.3, -0.25) is 9.62 Å². The van der Waals surface area contributed by atoms with Gasteiger partial charge in [-0.2, -0.15) is 0 Å². The summed E-state index contributed by atoms with van der Waals surface area (Å²) in [7, 11) is -4.70. The molecule has 1 aliphatic heterocycles. The van der Waals surface area contributed by atoms with Crippen molar-refractivity contribution in [1.29, 1.82) is 0 Å². The van der Waals surface area contributed by atoms with Crippen molar-refractivity contribution in [3.05, 3.63) is 57.9 Å². The zero-order valence-corrected chi connectivity index (χ0v) is 18.0. The highest BCUT2D eigenvalue weighted by molar-refractivity contribution is 7.91. The summed E-state index contributed by atoms with van der Waals surface area (Å²) in [4.78, 5) is 13.3. The van der Waals surface area contributed by atoms with Crippen LogP contribution in [-0.2, 0) is 20.5 Å². The molecule has 2 aromatic carbocycles. The van der Waals surface area contributed by atoms with Gasteiger partial charge in [-0.15, -0.1) is 0 Å². The van der Waals surface area contributed by atoms with E-state index >= 15 is 4.39 Å². The maximum atomic E-state index is 15.1. The summed E-state index contributed by atoms with van der Waals surface area (Å²) < 4.78 is 103. The number of cyclic esters (lactones) is 1. The number of nitrogens with one attached hydrogen (secondary N) is 1. The van der Waals surface area contributed by atoms with Crippen LogP contribution in [0.3, 0.4) is 0 Å². The number of halogens is 5. The number of carbonyl (C=O) groups is 1. The van der Waals surface area contributed by atoms with Gasteiger partial charge in [0.2, 0.25) is 10.0 Å². The number of hydrogen-bond acceptors (Lipinski definition) is 4. The second kappa shape index (κ2) is 8.57. The van der Waals surface area contributed by atoms with E-state index in [-0.39, 0.29) is 17.8 Å². The maximum Gasteiger partial charge on any atom is 0.414 e. The molecule has 6 nitrogen and oxygen atoms in total. The van der Waals surface area contributed by atoms with Gasteiger partial charge in [-0.1, -0.05) is 6.92 Å². The molecule has 1 unspecified atom stereocenters. The van der Waals surface area contributed by atoms with Crippen LogP contribution in [0.25, 0.3) is 0 Å². The lowest BCUT2D eigenvalue weighted by Crippen LogP contribution is -2.38. The molecule has 1 aliphatic rings. The van der Waals surface area contributed by atoms with E-state index in [2.05, 4.69) is 0 Å². The lowest BCUT2D eigenvalue weighted by molar-refractivity contribution is 0.105. The van der Waals surface area contributed by atoms with Crippen molar-refractivity contribution in [3.63, 3.8) is 0 Å². The zero-order valence-electron chi connectivity index (χ0n) is 17.2. The van der Waals surface area contributed by atoms with Gasteiger partial charge in [-0.25, -0.2) is 35.2 Å². The minimum Gasteiger partial charge on any atom is -0.441 e. The van der Waals surface area contributed by atoms with E-state index in [9.17, 15) is 30.8 Å². The van der Waals surface area contributed by atoms with Crippen LogP contribution in [0, 0.1) is 36.0 Å². The van der Waals surface area contributed by atoms with Crippen LogP contribution >= 0.6 is 0 Å². The highest BCUT2D eigenvalue weighted by atomic mass is 32.2. The predicted molar refractivity (Wildman–Crippen MR) is 106 cm³/mol. The van der Waals surface area contributed by atoms with Crippen LogP contribution in [0.15, 0.2) is 12.1 Å². The number of benzene rings is 2. The maximum absolute atomic E-state index is 15.1. The van der Waals surface area contributed by atoms with Crippen molar-refractivity contribution in [2.45, 2.75) is 39.0 Å². The SMILES string of the molecule is CCCN1C(=O)OC(C)c2c1ccc(NS(=O)(=O)Cc1c(F)c(F)c(C)c(F)c1F)c2F. The Kier molecular flexibility index (Phi) is 6.36. The van der Waals surface area contributed by atoms with Crippen LogP contribution in [0.1, 0.15) is 43.1 Å². The molecule has 2 aromatic rings. The summed E-state index contributed by atoms with van der Waals surface area (Å²) in [6.07, 6.45) is -1.18. The summed E-state index contributed by atoms with van der Waals surface area (Å²) in [5.41, 5.74) is -2.78. The van der Waals surface area contributed by atoms with Crippen LogP contribution < -0.4 is 9.62 Å². The molecular formula is C20H19F5N2O4S. The van der Waals surface area contributed by atoms with Crippen molar-refractivity contribution < 1.29 is 39.9 Å². The number of carbonyl (C=O) groups excluding carboxylic acids is 1. The van der Waals surface area contributed by atoms with Gasteiger partial charge in [0, 0.05) is 17.7 Å². The standard InChI is InChI=1S/C20H19F5N2O4S/c1-4-7-27-13-6-5-12(19(25)14(13)10(3)31-20(27)28)26-32(29,30)8-11-17(23)15(21)9(2)16(22)18(11)24/h5-6,10,26H,4,7-8H2,1-3H3. The van der Waals surface area contributed by atoms with E-state index in [1.54, 1.807) is 6.92 Å². The molecule has 174 valence electrons. The summed E-state index contributed by atoms with van der Waals surface area (Å²) in [5, 5.41) is 0. The Morgan fingerprint density at radius 1 is 1.03 bits per heavy atom. The van der Waals surface area contributed by atoms with Gasteiger partial charge in [-0.05, 0) is 32.4 Å². The molecule has 12 heteroatoms. The molecule has 1 N–H and O–H groups in total. The number of nitrogens with zero attached hydrogens (tertiary/aromatic N) is 1. The first-order valence-electron chi connectivity index (χ1n) is 9.52. The highest BCUT2D eigenvalue weighted by Crippen LogP contribution is 2.39. The first kappa shape index (κ1) is 23.8. The lowest BCUT2D eigenvalue weighted by atomic mass is 10.0. The van der Waals surface area contributed by atoms with E-state index in [0.717, 1.165) is 13.0 Å². The Morgan fingerprint density at radius 3 is 2.19 bits per heavy atom. The van der Waals surface area contributed by atoms with Gasteiger partial charge >= 0.3 is 6.09 Å². The topological polar surface area (TPSA) is 75.7 Å². The minimum absolute atomic E-state index is 0.0944. The molecule has 0 radical (unpaired) electrons. The number of ether oxygens (including phenoxy) is 1. The first-order chi connectivity index (χ1) is 14.9. The van der Waals surface area contributed by atoms with Crippen LogP contribution in [0.5, 0.6) is 0 Å². The Labute approximate surface area is 181 Å². The summed E-state index contributed by atoms with van der Waals surface area (Å²) in [6.45, 7) is 4.21. The molecule has 0 aliphatic carbocycles. The first-order valence-corrected chi connectivity index (χ1v) is 11.2. The van der Waals surface area contributed by atoms with E-state index in [1.807, 2.05) is 4.72 Å². The second-order valence-electron chi connectivity index (χ2n) is 7.26. The molecule has 1 heterocycles. The normalized spacial score (nSPS) is 16.1. The van der Waals surface area contributed by atoms with Crippen molar-refractivity contribution in [3.8, 4) is 0 Å². The Bertz CT molecular complexity index is 1170. The third-order valence-electron chi connectivity index (χ3n) is 4.97. The van der Waals surface area contributed by atoms with Crippen LogP contribution in [-0.4, -0.2) is 21.1 Å². The Hall–Kier alpha value is -2.89. The number of sulfonamides is 1. The average molecular weight is 478 g/mol. The van der Waals surface area contributed by atoms with Gasteiger partial charge in [0.1, 0.15) is 11.9 Å². The van der Waals surface area contributed by atoms with Crippen molar-refractivity contribution in [2.75, 3.05) is 16.2 Å². The van der Waals surface area contributed by atoms with E-state index in [0.29, 0.717) is 6.42 Å². The average Bonchev–Trinajstić information content (AvgIpc) is 2.72. The fourth-order valence-electron chi connectivity index (χ4n) is 3.40. The third kappa shape index (κ3) is 4.10. The number of fused-ring (bicyclic) bond motifs is 1. The highest BCUT2D eigenvalue weighted by Gasteiger charge is 2.34. The largest absolute Gasteiger partial charge is 0.441 e. The molecule has 0 fully saturated rings. The Morgan fingerprint density at radius 2 is 1.62 bits per heavy atom. The van der Waals surface area contributed by atoms with E-state index < -0.39 is 73.9 Å². The summed E-state index contributed by atoms with van der Waals surface area (Å²) >= 11 is 0. The van der Waals surface area contributed by atoms with Crippen molar-refractivity contribution in [1.82, 2.24) is 0 Å². The summed E-state index contributed by atoms with van der Waals surface area (Å²) in [5.74, 6) is -9.69. The van der Waals surface area contributed by atoms with Gasteiger partial charge in [0.25, 0.3) is 0 Å². The fourth-order valence-corrected chi connectivity index (χ4v) is 4.60. The number of amides is 1. The van der Waals surface area contributed by atoms with Crippen LogP contribution in [0.4, 0.5) is 38.1 Å². The van der Waals surface area contributed by atoms with E-state index in [1.165, 1.54) is 17.9 Å². The molecule has 1 amide bonds. The quantitative estimate of drug-likeness (QED) is 0.465. The van der Waals surface area contributed by atoms with Gasteiger partial charge in [0.15, 0.2) is 29.1 Å². The molecular weight excluding hydrogens is 459 g/mol. The molecule has 32 heavy (non-hydrogen) atoms. The Balaban J connectivity index is 1.98. The fraction of sp³-hybridized carbons (Fsp3) is 0.350. The number of anilines is 2. The molecule has 0 spiro atoms. The molecule has 0 aromatic heterocycles. The minimum atomic E-state index is -4.70. The lowest BCUT2D eigenvalue weighted by Gasteiger charge is -2.33. The van der Waals surface area contributed by atoms with Crippen molar-refractivity contribution >= 4 is 27.5 Å². The molecule has 0 saturated carbocycles. The predicted octanol–water partition coefficient (Wildman–Crippen LogP) is 5.06.